The molecule has 0 amide bonds. The van der Waals surface area contributed by atoms with E-state index in [1.807, 2.05) is 13.8 Å². The van der Waals surface area contributed by atoms with Crippen LogP contribution in [0.5, 0.6) is 23.0 Å². The fourth-order valence-electron chi connectivity index (χ4n) is 2.95. The first-order valence-electron chi connectivity index (χ1n) is 9.70. The maximum absolute atomic E-state index is 10.4. The number of aromatic hydroxyl groups is 2. The predicted molar refractivity (Wildman–Crippen MR) is 116 cm³/mol. The standard InChI is InChI=1S/C18H21NO5.C4H8N2/c1-2-9-18(22-11-17(19)24-18)15-8-7-14(10-16(15)21)23-13-5-3-12(20)4-6-13;1-3-6-4-5-2/h3-8,10,17,20-21H,2,9,11,19H2,1H3;3-4H,1-2H3. The largest absolute Gasteiger partial charge is 0.508 e. The molecule has 0 radical (unpaired) electrons. The summed E-state index contributed by atoms with van der Waals surface area (Å²) >= 11 is 0. The summed E-state index contributed by atoms with van der Waals surface area (Å²) in [6.45, 7) is 4.14. The van der Waals surface area contributed by atoms with Crippen molar-refractivity contribution in [3.05, 3.63) is 48.0 Å². The molecule has 2 aromatic carbocycles. The van der Waals surface area contributed by atoms with Gasteiger partial charge in [0.25, 0.3) is 0 Å². The molecular formula is C22H29N3O5. The maximum atomic E-state index is 10.4. The summed E-state index contributed by atoms with van der Waals surface area (Å²) in [6.07, 6.45) is 4.08. The third kappa shape index (κ3) is 6.28. The number of rotatable bonds is 6. The molecule has 0 saturated carbocycles. The Bertz CT molecular complexity index is 840. The van der Waals surface area contributed by atoms with Gasteiger partial charge in [0.2, 0.25) is 0 Å². The maximum Gasteiger partial charge on any atom is 0.200 e. The topological polar surface area (TPSA) is 119 Å². The highest BCUT2D eigenvalue weighted by Gasteiger charge is 2.43. The molecule has 1 aliphatic heterocycles. The van der Waals surface area contributed by atoms with Crippen LogP contribution in [0.25, 0.3) is 0 Å². The molecule has 0 spiro atoms. The van der Waals surface area contributed by atoms with E-state index >= 15 is 0 Å². The van der Waals surface area contributed by atoms with Crippen LogP contribution < -0.4 is 10.5 Å². The normalized spacial score (nSPS) is 21.0. The predicted octanol–water partition coefficient (Wildman–Crippen LogP) is 3.91. The van der Waals surface area contributed by atoms with Crippen molar-refractivity contribution in [3.63, 3.8) is 0 Å². The smallest absolute Gasteiger partial charge is 0.200 e. The Labute approximate surface area is 176 Å². The molecule has 3 rings (SSSR count). The van der Waals surface area contributed by atoms with Crippen LogP contribution >= 0.6 is 0 Å². The first-order valence-corrected chi connectivity index (χ1v) is 9.70. The van der Waals surface area contributed by atoms with Gasteiger partial charge < -0.3 is 30.2 Å². The molecule has 2 atom stereocenters. The van der Waals surface area contributed by atoms with E-state index < -0.39 is 12.0 Å². The molecule has 2 unspecified atom stereocenters. The molecule has 1 fully saturated rings. The summed E-state index contributed by atoms with van der Waals surface area (Å²) in [5.41, 5.74) is 6.34. The number of aliphatic imine (C=N–C) groups is 2. The molecular weight excluding hydrogens is 386 g/mol. The number of hydrogen-bond donors (Lipinski definition) is 3. The summed E-state index contributed by atoms with van der Waals surface area (Å²) in [5.74, 6) is 0.187. The SMILES string of the molecule is CC=NC=NC.CCCC1(c2ccc(Oc3ccc(O)cc3)cc2O)OCC(N)O1. The van der Waals surface area contributed by atoms with Crippen LogP contribution in [0, 0.1) is 0 Å². The molecule has 4 N–H and O–H groups in total. The van der Waals surface area contributed by atoms with Crippen molar-refractivity contribution >= 4 is 12.6 Å². The van der Waals surface area contributed by atoms with Gasteiger partial charge in [0.15, 0.2) is 5.79 Å². The van der Waals surface area contributed by atoms with E-state index in [4.69, 9.17) is 19.9 Å². The number of benzene rings is 2. The van der Waals surface area contributed by atoms with E-state index in [9.17, 15) is 10.2 Å². The lowest BCUT2D eigenvalue weighted by atomic mass is 9.99. The minimum atomic E-state index is -1.02. The second kappa shape index (κ2) is 11.3. The van der Waals surface area contributed by atoms with Crippen LogP contribution in [0.1, 0.15) is 32.3 Å². The van der Waals surface area contributed by atoms with Crippen molar-refractivity contribution in [3.8, 4) is 23.0 Å². The minimum Gasteiger partial charge on any atom is -0.508 e. The summed E-state index contributed by atoms with van der Waals surface area (Å²) in [7, 11) is 1.69. The fourth-order valence-corrected chi connectivity index (χ4v) is 2.95. The number of nitrogens with two attached hydrogens (primary N) is 1. The first kappa shape index (κ1) is 23.3. The number of hydrogen-bond acceptors (Lipinski definition) is 7. The van der Waals surface area contributed by atoms with Gasteiger partial charge in [-0.3, -0.25) is 9.98 Å². The van der Waals surface area contributed by atoms with E-state index in [2.05, 4.69) is 9.98 Å². The van der Waals surface area contributed by atoms with Crippen LogP contribution in [-0.4, -0.2) is 42.6 Å². The van der Waals surface area contributed by atoms with Gasteiger partial charge in [0.1, 0.15) is 35.6 Å². The first-order chi connectivity index (χ1) is 14.4. The lowest BCUT2D eigenvalue weighted by Gasteiger charge is -2.28. The zero-order valence-corrected chi connectivity index (χ0v) is 17.5. The van der Waals surface area contributed by atoms with Crippen LogP contribution in [0.2, 0.25) is 0 Å². The zero-order valence-electron chi connectivity index (χ0n) is 17.5. The van der Waals surface area contributed by atoms with E-state index in [1.165, 1.54) is 24.5 Å². The van der Waals surface area contributed by atoms with E-state index in [1.54, 1.807) is 37.5 Å². The van der Waals surface area contributed by atoms with Crippen LogP contribution in [0.4, 0.5) is 0 Å². The number of phenolic OH excluding ortho intramolecular Hbond substituents is 2. The Kier molecular flexibility index (Phi) is 8.79. The van der Waals surface area contributed by atoms with Crippen LogP contribution in [-0.2, 0) is 15.3 Å². The van der Waals surface area contributed by atoms with Crippen molar-refractivity contribution in [2.24, 2.45) is 15.7 Å². The van der Waals surface area contributed by atoms with Crippen molar-refractivity contribution in [2.45, 2.75) is 38.7 Å². The number of phenols is 2. The summed E-state index contributed by atoms with van der Waals surface area (Å²) < 4.78 is 17.2. The Morgan fingerprint density at radius 2 is 1.90 bits per heavy atom. The van der Waals surface area contributed by atoms with Crippen molar-refractivity contribution in [1.82, 2.24) is 0 Å². The minimum absolute atomic E-state index is 0.0221. The lowest BCUT2D eigenvalue weighted by molar-refractivity contribution is -0.182. The highest BCUT2D eigenvalue weighted by atomic mass is 16.8. The van der Waals surface area contributed by atoms with Crippen LogP contribution in [0.15, 0.2) is 52.4 Å². The molecule has 0 bridgehead atoms. The lowest BCUT2D eigenvalue weighted by Crippen LogP contribution is -2.30. The average molecular weight is 415 g/mol. The zero-order chi connectivity index (χ0) is 22.0. The number of nitrogens with zero attached hydrogens (tertiary/aromatic N) is 2. The third-order valence-corrected chi connectivity index (χ3v) is 4.18. The quantitative estimate of drug-likeness (QED) is 0.486. The molecule has 2 aromatic rings. The summed E-state index contributed by atoms with van der Waals surface area (Å²) in [6, 6.07) is 11.3. The summed E-state index contributed by atoms with van der Waals surface area (Å²) in [5, 5.41) is 19.7. The fraction of sp³-hybridized carbons (Fsp3) is 0.364. The average Bonchev–Trinajstić information content (AvgIpc) is 3.10. The van der Waals surface area contributed by atoms with Gasteiger partial charge in [0, 0.05) is 25.7 Å². The molecule has 1 heterocycles. The molecule has 8 nitrogen and oxygen atoms in total. The van der Waals surface area contributed by atoms with Gasteiger partial charge in [-0.1, -0.05) is 13.3 Å². The van der Waals surface area contributed by atoms with Crippen molar-refractivity contribution in [2.75, 3.05) is 13.7 Å². The molecule has 8 heteroatoms. The molecule has 30 heavy (non-hydrogen) atoms. The van der Waals surface area contributed by atoms with Crippen molar-refractivity contribution in [1.29, 1.82) is 0 Å². The van der Waals surface area contributed by atoms with E-state index in [0.29, 0.717) is 23.5 Å². The third-order valence-electron chi connectivity index (χ3n) is 4.18. The second-order valence-corrected chi connectivity index (χ2v) is 6.53. The Balaban J connectivity index is 0.000000469. The van der Waals surface area contributed by atoms with Gasteiger partial charge in [-0.2, -0.15) is 0 Å². The molecule has 0 aromatic heterocycles. The highest BCUT2D eigenvalue weighted by molar-refractivity contribution is 5.70. The molecule has 1 aliphatic rings. The van der Waals surface area contributed by atoms with E-state index in [0.717, 1.165) is 6.42 Å². The van der Waals surface area contributed by atoms with Gasteiger partial charge in [-0.05, 0) is 43.3 Å². The summed E-state index contributed by atoms with van der Waals surface area (Å²) in [4.78, 5) is 7.28. The van der Waals surface area contributed by atoms with Gasteiger partial charge in [-0.15, -0.1) is 0 Å². The van der Waals surface area contributed by atoms with Gasteiger partial charge >= 0.3 is 0 Å². The second-order valence-electron chi connectivity index (χ2n) is 6.53. The number of ether oxygens (including phenoxy) is 3. The highest BCUT2D eigenvalue weighted by Crippen LogP contribution is 2.43. The Hall–Kier alpha value is -2.94. The van der Waals surface area contributed by atoms with Crippen molar-refractivity contribution < 1.29 is 24.4 Å². The van der Waals surface area contributed by atoms with E-state index in [-0.39, 0.29) is 18.1 Å². The monoisotopic (exact) mass is 415 g/mol. The molecule has 162 valence electrons. The van der Waals surface area contributed by atoms with Crippen LogP contribution in [0.3, 0.4) is 0 Å². The molecule has 0 aliphatic carbocycles. The van der Waals surface area contributed by atoms with Gasteiger partial charge in [0.05, 0.1) is 12.2 Å². The Morgan fingerprint density at radius 1 is 1.20 bits per heavy atom. The Morgan fingerprint density at radius 3 is 2.40 bits per heavy atom. The van der Waals surface area contributed by atoms with Gasteiger partial charge in [-0.25, -0.2) is 0 Å². The molecule has 1 saturated heterocycles.